The average Bonchev–Trinajstić information content (AvgIpc) is 3.10. The lowest BCUT2D eigenvalue weighted by Gasteiger charge is -2.17. The van der Waals surface area contributed by atoms with Crippen LogP contribution in [0.15, 0.2) is 100 Å². The molecule has 0 aliphatic rings. The Labute approximate surface area is 271 Å². The average molecular weight is 635 g/mol. The van der Waals surface area contributed by atoms with Crippen molar-refractivity contribution < 1.29 is 28.3 Å². The van der Waals surface area contributed by atoms with Crippen molar-refractivity contribution in [2.45, 2.75) is 19.3 Å². The van der Waals surface area contributed by atoms with Crippen molar-refractivity contribution in [1.29, 1.82) is 0 Å². The summed E-state index contributed by atoms with van der Waals surface area (Å²) in [5, 5.41) is 5.86. The third-order valence-corrected chi connectivity index (χ3v) is 7.60. The number of methoxy groups -OCH3 is 2. The van der Waals surface area contributed by atoms with Crippen molar-refractivity contribution in [3.8, 4) is 11.5 Å². The zero-order valence-electron chi connectivity index (χ0n) is 26.2. The smallest absolute Gasteiger partial charge is 0.291 e. The molecule has 0 saturated heterocycles. The molecule has 0 atom stereocenters. The van der Waals surface area contributed by atoms with Crippen LogP contribution in [0.2, 0.25) is 0 Å². The zero-order valence-corrected chi connectivity index (χ0v) is 26.2. The summed E-state index contributed by atoms with van der Waals surface area (Å²) < 4.78 is 16.5. The molecular weight excluding hydrogens is 600 g/mol. The maximum absolute atomic E-state index is 13.5. The third-order valence-electron chi connectivity index (χ3n) is 7.60. The van der Waals surface area contributed by atoms with Crippen LogP contribution in [-0.4, -0.2) is 55.4 Å². The number of carbonyl (C=O) groups is 3. The van der Waals surface area contributed by atoms with Gasteiger partial charge >= 0.3 is 0 Å². The molecule has 11 nitrogen and oxygen atoms in total. The van der Waals surface area contributed by atoms with Crippen molar-refractivity contribution in [3.05, 3.63) is 124 Å². The summed E-state index contributed by atoms with van der Waals surface area (Å²) in [6.45, 7) is 0.545. The number of nitrogens with one attached hydrogen (secondary N) is 2. The molecule has 47 heavy (non-hydrogen) atoms. The lowest BCUT2D eigenvalue weighted by Crippen LogP contribution is -2.29. The highest BCUT2D eigenvalue weighted by Crippen LogP contribution is 2.34. The molecule has 2 aromatic heterocycles. The van der Waals surface area contributed by atoms with E-state index in [0.717, 1.165) is 17.2 Å². The van der Waals surface area contributed by atoms with Crippen LogP contribution in [0.5, 0.6) is 11.5 Å². The molecule has 0 radical (unpaired) electrons. The Morgan fingerprint density at radius 3 is 2.30 bits per heavy atom. The number of benzene rings is 3. The van der Waals surface area contributed by atoms with Gasteiger partial charge in [0.15, 0.2) is 22.7 Å². The minimum Gasteiger partial charge on any atom is -0.493 e. The summed E-state index contributed by atoms with van der Waals surface area (Å²) in [5.74, 6) is -0.844. The molecule has 3 amide bonds. The first-order valence-corrected chi connectivity index (χ1v) is 14.9. The number of carbonyl (C=O) groups excluding carboxylic acids is 3. The van der Waals surface area contributed by atoms with E-state index < -0.39 is 11.8 Å². The second-order valence-corrected chi connectivity index (χ2v) is 10.8. The number of amides is 3. The molecule has 2 N–H and O–H groups in total. The number of ether oxygens (including phenoxy) is 2. The number of likely N-dealkylation sites (N-methyl/N-ethyl adjacent to an activating group) is 1. The van der Waals surface area contributed by atoms with E-state index in [4.69, 9.17) is 13.9 Å². The lowest BCUT2D eigenvalue weighted by molar-refractivity contribution is -0.129. The van der Waals surface area contributed by atoms with Gasteiger partial charge in [0.1, 0.15) is 5.58 Å². The van der Waals surface area contributed by atoms with E-state index in [2.05, 4.69) is 15.6 Å². The highest BCUT2D eigenvalue weighted by molar-refractivity contribution is 6.12. The fourth-order valence-corrected chi connectivity index (χ4v) is 4.93. The Hall–Kier alpha value is -5.97. The maximum Gasteiger partial charge on any atom is 0.291 e. The van der Waals surface area contributed by atoms with Crippen molar-refractivity contribution in [2.75, 3.05) is 38.4 Å². The fraction of sp³-hybridized carbons (Fsp3) is 0.194. The molecule has 5 rings (SSSR count). The van der Waals surface area contributed by atoms with Crippen LogP contribution >= 0.6 is 0 Å². The predicted octanol–water partition coefficient (Wildman–Crippen LogP) is 5.34. The normalized spacial score (nSPS) is 10.7. The molecule has 0 spiro atoms. The van der Waals surface area contributed by atoms with Gasteiger partial charge in [0.05, 0.1) is 30.9 Å². The van der Waals surface area contributed by atoms with Gasteiger partial charge in [0.25, 0.3) is 11.8 Å². The van der Waals surface area contributed by atoms with Crippen molar-refractivity contribution in [2.24, 2.45) is 0 Å². The number of anilines is 2. The summed E-state index contributed by atoms with van der Waals surface area (Å²) in [6.07, 6.45) is 5.15. The van der Waals surface area contributed by atoms with Crippen LogP contribution < -0.4 is 25.5 Å². The lowest BCUT2D eigenvalue weighted by atomic mass is 10.1. The molecule has 2 heterocycles. The Balaban J connectivity index is 1.26. The molecule has 0 fully saturated rings. The predicted molar refractivity (Wildman–Crippen MR) is 178 cm³/mol. The van der Waals surface area contributed by atoms with Crippen molar-refractivity contribution in [1.82, 2.24) is 9.88 Å². The highest BCUT2D eigenvalue weighted by Gasteiger charge is 2.21. The van der Waals surface area contributed by atoms with E-state index in [-0.39, 0.29) is 45.4 Å². The van der Waals surface area contributed by atoms with Crippen LogP contribution in [0.1, 0.15) is 38.5 Å². The number of fused-ring (bicyclic) bond motifs is 1. The summed E-state index contributed by atoms with van der Waals surface area (Å²) in [5.41, 5.74) is 2.64. The van der Waals surface area contributed by atoms with Crippen molar-refractivity contribution in [3.63, 3.8) is 0 Å². The quantitative estimate of drug-likeness (QED) is 0.187. The number of rotatable bonds is 12. The molecule has 0 aliphatic heterocycles. The van der Waals surface area contributed by atoms with Gasteiger partial charge in [-0.05, 0) is 60.4 Å². The number of hydrogen-bond acceptors (Lipinski definition) is 8. The van der Waals surface area contributed by atoms with Gasteiger partial charge in [-0.15, -0.1) is 0 Å². The first-order valence-electron chi connectivity index (χ1n) is 14.9. The summed E-state index contributed by atoms with van der Waals surface area (Å²) in [7, 11) is 4.66. The molecule has 0 aliphatic carbocycles. The Morgan fingerprint density at radius 1 is 0.830 bits per heavy atom. The van der Waals surface area contributed by atoms with E-state index >= 15 is 0 Å². The molecule has 11 heteroatoms. The molecule has 0 bridgehead atoms. The Bertz CT molecular complexity index is 1960. The van der Waals surface area contributed by atoms with Crippen LogP contribution in [0, 0.1) is 0 Å². The monoisotopic (exact) mass is 634 g/mol. The number of aromatic nitrogens is 1. The zero-order chi connectivity index (χ0) is 33.3. The molecular formula is C36H34N4O7. The first kappa shape index (κ1) is 32.4. The standard InChI is InChI=1S/C36H34N4O7/c1-40(34(42)15-12-24-7-6-17-37-22-24)18-16-23-10-13-25(14-11-23)38-35(43)27-19-31(45-2)32(46-3)20-28(27)39-36(44)33-21-29(41)26-8-4-5-9-30(26)47-33/h4-11,13-14,17,19-22H,12,15-16,18H2,1-3H3,(H,38,43)(H,39,44). The summed E-state index contributed by atoms with van der Waals surface area (Å²) >= 11 is 0. The Morgan fingerprint density at radius 2 is 1.57 bits per heavy atom. The van der Waals surface area contributed by atoms with Gasteiger partial charge < -0.3 is 29.4 Å². The first-order chi connectivity index (χ1) is 22.7. The topological polar surface area (TPSA) is 140 Å². The van der Waals surface area contributed by atoms with E-state index in [1.807, 2.05) is 24.3 Å². The SMILES string of the molecule is COc1cc(NC(=O)c2cc(=O)c3ccccc3o2)c(C(=O)Nc2ccc(CCN(C)C(=O)CCc3cccnc3)cc2)cc1OC. The second kappa shape index (κ2) is 14.9. The van der Waals surface area contributed by atoms with Crippen LogP contribution in [0.4, 0.5) is 11.4 Å². The van der Waals surface area contributed by atoms with E-state index in [0.29, 0.717) is 36.9 Å². The maximum atomic E-state index is 13.5. The van der Waals surface area contributed by atoms with Crippen molar-refractivity contribution >= 4 is 40.1 Å². The molecule has 5 aromatic rings. The number of para-hydroxylation sites is 1. The minimum atomic E-state index is -0.723. The number of aryl methyl sites for hydroxylation is 1. The van der Waals surface area contributed by atoms with Crippen LogP contribution in [0.25, 0.3) is 11.0 Å². The van der Waals surface area contributed by atoms with Gasteiger partial charge in [-0.25, -0.2) is 0 Å². The van der Waals surface area contributed by atoms with Gasteiger partial charge in [0, 0.05) is 50.2 Å². The number of hydrogen-bond donors (Lipinski definition) is 2. The third kappa shape index (κ3) is 8.01. The number of nitrogens with zero attached hydrogens (tertiary/aromatic N) is 2. The molecule has 3 aromatic carbocycles. The largest absolute Gasteiger partial charge is 0.493 e. The fourth-order valence-electron chi connectivity index (χ4n) is 4.93. The minimum absolute atomic E-state index is 0.0540. The van der Waals surface area contributed by atoms with E-state index in [1.165, 1.54) is 26.4 Å². The van der Waals surface area contributed by atoms with Crippen LogP contribution in [0.3, 0.4) is 0 Å². The molecule has 240 valence electrons. The van der Waals surface area contributed by atoms with Gasteiger partial charge in [-0.3, -0.25) is 24.2 Å². The molecule has 0 unspecified atom stereocenters. The van der Waals surface area contributed by atoms with Gasteiger partial charge in [0.2, 0.25) is 5.91 Å². The van der Waals surface area contributed by atoms with E-state index in [9.17, 15) is 19.2 Å². The molecule has 0 saturated carbocycles. The Kier molecular flexibility index (Phi) is 10.3. The highest BCUT2D eigenvalue weighted by atomic mass is 16.5. The van der Waals surface area contributed by atoms with Crippen LogP contribution in [-0.2, 0) is 17.6 Å². The van der Waals surface area contributed by atoms with Gasteiger partial charge in [-0.1, -0.05) is 30.3 Å². The number of pyridine rings is 1. The summed E-state index contributed by atoms with van der Waals surface area (Å²) in [6, 6.07) is 21.7. The van der Waals surface area contributed by atoms with Gasteiger partial charge in [-0.2, -0.15) is 0 Å². The second-order valence-electron chi connectivity index (χ2n) is 10.8. The van der Waals surface area contributed by atoms with E-state index in [1.54, 1.807) is 60.7 Å². The summed E-state index contributed by atoms with van der Waals surface area (Å²) in [4.78, 5) is 57.7.